The first-order valence-electron chi connectivity index (χ1n) is 7.75. The molecule has 0 aromatic heterocycles. The zero-order chi connectivity index (χ0) is 14.4. The van der Waals surface area contributed by atoms with Crippen LogP contribution in [0.15, 0.2) is 65.9 Å². The Balaban J connectivity index is 1.87. The normalized spacial score (nSPS) is 15.8. The number of fused-ring (bicyclic) bond motifs is 3. The molecule has 1 heteroatoms. The summed E-state index contributed by atoms with van der Waals surface area (Å²) in [6, 6.07) is 15.8. The van der Waals surface area contributed by atoms with Crippen LogP contribution >= 0.6 is 0 Å². The molecular weight excluding hydrogens is 268 g/mol. The Morgan fingerprint density at radius 2 is 1.71 bits per heavy atom. The van der Waals surface area contributed by atoms with Crippen LogP contribution in [0.5, 0.6) is 0 Å². The largest absolute Gasteiger partial charge is 0.108 e. The summed E-state index contributed by atoms with van der Waals surface area (Å²) in [5, 5.41) is 3.29. The van der Waals surface area contributed by atoms with Crippen molar-refractivity contribution in [2.24, 2.45) is 0 Å². The van der Waals surface area contributed by atoms with Gasteiger partial charge in [-0.25, -0.2) is 0 Å². The molecule has 0 fully saturated rings. The lowest BCUT2D eigenvalue weighted by molar-refractivity contribution is 1.27. The van der Waals surface area contributed by atoms with E-state index in [0.29, 0.717) is 0 Å². The van der Waals surface area contributed by atoms with Gasteiger partial charge >= 0.3 is 0 Å². The van der Waals surface area contributed by atoms with Gasteiger partial charge in [-0.05, 0) is 35.1 Å². The Hall–Kier alpha value is -1.86. The van der Waals surface area contributed by atoms with E-state index in [4.69, 9.17) is 0 Å². The van der Waals surface area contributed by atoms with Gasteiger partial charge in [-0.3, -0.25) is 0 Å². The van der Waals surface area contributed by atoms with Crippen molar-refractivity contribution >= 4 is 13.3 Å². The minimum Gasteiger partial charge on any atom is -0.0809 e. The molecule has 2 aliphatic carbocycles. The highest BCUT2D eigenvalue weighted by Gasteiger charge is 2.33. The topological polar surface area (TPSA) is 0 Å². The third kappa shape index (κ3) is 1.88. The molecule has 0 nitrogen and oxygen atoms in total. The highest BCUT2D eigenvalue weighted by atomic mass is 28.3. The van der Waals surface area contributed by atoms with Gasteiger partial charge < -0.3 is 0 Å². The molecule has 0 N–H and O–H groups in total. The third-order valence-electron chi connectivity index (χ3n) is 5.10. The van der Waals surface area contributed by atoms with Crippen molar-refractivity contribution in [3.8, 4) is 11.1 Å². The van der Waals surface area contributed by atoms with E-state index in [1.54, 1.807) is 15.9 Å². The standard InChI is InChI=1S/C20H20Si/c1-21(2,16-9-4-5-10-16)20-13-7-12-18-17-11-6-3-8-15(17)14-19(18)20/h3-9,11-13H,10,14H2,1-2H3. The monoisotopic (exact) mass is 288 g/mol. The number of allylic oxidation sites excluding steroid dienone is 4. The average Bonchev–Trinajstić information content (AvgIpc) is 3.14. The second-order valence-corrected chi connectivity index (χ2v) is 11.0. The van der Waals surface area contributed by atoms with E-state index in [-0.39, 0.29) is 0 Å². The van der Waals surface area contributed by atoms with Crippen molar-refractivity contribution in [1.82, 2.24) is 0 Å². The van der Waals surface area contributed by atoms with Crippen LogP contribution in [0.4, 0.5) is 0 Å². The van der Waals surface area contributed by atoms with Gasteiger partial charge in [0.05, 0.1) is 0 Å². The molecule has 0 radical (unpaired) electrons. The first-order chi connectivity index (χ1) is 10.2. The lowest BCUT2D eigenvalue weighted by Gasteiger charge is -2.27. The molecule has 0 bridgehead atoms. The molecule has 2 aromatic carbocycles. The molecule has 0 atom stereocenters. The Morgan fingerprint density at radius 3 is 2.52 bits per heavy atom. The van der Waals surface area contributed by atoms with Gasteiger partial charge in [-0.15, -0.1) is 0 Å². The second-order valence-electron chi connectivity index (χ2n) is 6.61. The molecule has 0 spiro atoms. The van der Waals surface area contributed by atoms with Crippen molar-refractivity contribution in [2.75, 3.05) is 0 Å². The van der Waals surface area contributed by atoms with Crippen molar-refractivity contribution in [3.63, 3.8) is 0 Å². The zero-order valence-electron chi connectivity index (χ0n) is 12.7. The molecule has 0 aliphatic heterocycles. The Labute approximate surface area is 127 Å². The lowest BCUT2D eigenvalue weighted by Crippen LogP contribution is -2.45. The predicted molar refractivity (Wildman–Crippen MR) is 93.6 cm³/mol. The van der Waals surface area contributed by atoms with Crippen molar-refractivity contribution in [2.45, 2.75) is 25.9 Å². The summed E-state index contributed by atoms with van der Waals surface area (Å²) in [4.78, 5) is 0. The molecule has 0 heterocycles. The summed E-state index contributed by atoms with van der Waals surface area (Å²) in [5.41, 5.74) is 5.99. The summed E-state index contributed by atoms with van der Waals surface area (Å²) in [6.07, 6.45) is 9.13. The van der Waals surface area contributed by atoms with E-state index >= 15 is 0 Å². The Bertz CT molecular complexity index is 778. The van der Waals surface area contributed by atoms with Crippen LogP contribution in [0.3, 0.4) is 0 Å². The van der Waals surface area contributed by atoms with Crippen molar-refractivity contribution in [1.29, 1.82) is 0 Å². The van der Waals surface area contributed by atoms with E-state index in [1.807, 2.05) is 0 Å². The number of benzene rings is 2. The van der Waals surface area contributed by atoms with Crippen LogP contribution < -0.4 is 5.19 Å². The van der Waals surface area contributed by atoms with Crippen LogP contribution in [-0.4, -0.2) is 8.07 Å². The van der Waals surface area contributed by atoms with Crippen molar-refractivity contribution < 1.29 is 0 Å². The maximum atomic E-state index is 2.50. The highest BCUT2D eigenvalue weighted by Crippen LogP contribution is 2.37. The fraction of sp³-hybridized carbons (Fsp3) is 0.200. The number of hydrogen-bond acceptors (Lipinski definition) is 0. The SMILES string of the molecule is C[Si](C)(C1=CC=CC1)c1cccc2c1Cc1ccccc1-2. The Morgan fingerprint density at radius 1 is 0.905 bits per heavy atom. The number of hydrogen-bond donors (Lipinski definition) is 0. The van der Waals surface area contributed by atoms with Crippen LogP contribution in [-0.2, 0) is 6.42 Å². The van der Waals surface area contributed by atoms with E-state index in [1.165, 1.54) is 16.7 Å². The molecule has 4 rings (SSSR count). The van der Waals surface area contributed by atoms with E-state index in [9.17, 15) is 0 Å². The first-order valence-corrected chi connectivity index (χ1v) is 10.7. The minimum absolute atomic E-state index is 1.11. The van der Waals surface area contributed by atoms with Crippen LogP contribution in [0.25, 0.3) is 11.1 Å². The molecular formula is C20H20Si. The van der Waals surface area contributed by atoms with Crippen LogP contribution in [0.2, 0.25) is 13.1 Å². The minimum atomic E-state index is -1.54. The fourth-order valence-electron chi connectivity index (χ4n) is 3.83. The molecule has 2 aromatic rings. The van der Waals surface area contributed by atoms with Gasteiger partial charge in [0.1, 0.15) is 8.07 Å². The second kappa shape index (κ2) is 4.57. The summed E-state index contributed by atoms with van der Waals surface area (Å²) in [6.45, 7) is 5.01. The quantitative estimate of drug-likeness (QED) is 0.605. The maximum Gasteiger partial charge on any atom is 0.108 e. The first kappa shape index (κ1) is 12.8. The molecule has 21 heavy (non-hydrogen) atoms. The fourth-order valence-corrected chi connectivity index (χ4v) is 6.80. The van der Waals surface area contributed by atoms with Crippen LogP contribution in [0, 0.1) is 0 Å². The molecule has 0 amide bonds. The smallest absolute Gasteiger partial charge is 0.0809 e. The summed E-state index contributed by atoms with van der Waals surface area (Å²) in [5.74, 6) is 0. The summed E-state index contributed by atoms with van der Waals surface area (Å²) < 4.78 is 0. The van der Waals surface area contributed by atoms with Crippen LogP contribution in [0.1, 0.15) is 17.5 Å². The van der Waals surface area contributed by atoms with E-state index in [2.05, 4.69) is 73.8 Å². The lowest BCUT2D eigenvalue weighted by atomic mass is 10.1. The molecule has 0 saturated heterocycles. The molecule has 2 aliphatic rings. The van der Waals surface area contributed by atoms with Gasteiger partial charge in [0.2, 0.25) is 0 Å². The average molecular weight is 288 g/mol. The summed E-state index contributed by atoms with van der Waals surface area (Å²) >= 11 is 0. The van der Waals surface area contributed by atoms with Gasteiger partial charge in [0, 0.05) is 0 Å². The molecule has 104 valence electrons. The predicted octanol–water partition coefficient (Wildman–Crippen LogP) is 4.60. The zero-order valence-corrected chi connectivity index (χ0v) is 13.7. The third-order valence-corrected chi connectivity index (χ3v) is 8.89. The van der Waals surface area contributed by atoms with E-state index < -0.39 is 8.07 Å². The van der Waals surface area contributed by atoms with Gasteiger partial charge in [0.15, 0.2) is 0 Å². The maximum absolute atomic E-state index is 2.50. The van der Waals surface area contributed by atoms with E-state index in [0.717, 1.165) is 12.8 Å². The molecule has 0 saturated carbocycles. The Kier molecular flexibility index (Phi) is 2.80. The highest BCUT2D eigenvalue weighted by molar-refractivity contribution is 6.96. The van der Waals surface area contributed by atoms with Crippen molar-refractivity contribution in [3.05, 3.63) is 77.0 Å². The van der Waals surface area contributed by atoms with Gasteiger partial charge in [-0.1, -0.05) is 84.2 Å². The van der Waals surface area contributed by atoms with Gasteiger partial charge in [0.25, 0.3) is 0 Å². The van der Waals surface area contributed by atoms with Gasteiger partial charge in [-0.2, -0.15) is 0 Å². The molecule has 0 unspecified atom stereocenters. The summed E-state index contributed by atoms with van der Waals surface area (Å²) in [7, 11) is -1.54. The number of rotatable bonds is 2.